The van der Waals surface area contributed by atoms with Crippen LogP contribution in [0.15, 0.2) is 18.2 Å². The Kier molecular flexibility index (Phi) is 4.85. The average Bonchev–Trinajstić information content (AvgIpc) is 2.48. The van der Waals surface area contributed by atoms with Crippen LogP contribution in [-0.2, 0) is 0 Å². The molecule has 1 N–H and O–H groups in total. The van der Waals surface area contributed by atoms with E-state index >= 15 is 0 Å². The van der Waals surface area contributed by atoms with Crippen molar-refractivity contribution in [3.8, 4) is 11.5 Å². The monoisotopic (exact) mass is 280 g/mol. The van der Waals surface area contributed by atoms with Crippen LogP contribution in [0.4, 0.5) is 5.69 Å². The van der Waals surface area contributed by atoms with Gasteiger partial charge in [0, 0.05) is 24.8 Å². The first-order chi connectivity index (χ1) is 9.24. The third kappa shape index (κ3) is 3.50. The maximum absolute atomic E-state index is 5.44. The van der Waals surface area contributed by atoms with Crippen LogP contribution in [0.1, 0.15) is 19.3 Å². The van der Waals surface area contributed by atoms with Crippen molar-refractivity contribution < 1.29 is 9.47 Å². The number of piperidine rings is 1. The van der Waals surface area contributed by atoms with E-state index in [0.717, 1.165) is 29.6 Å². The normalized spacial score (nSPS) is 14.9. The van der Waals surface area contributed by atoms with E-state index in [1.165, 1.54) is 19.3 Å². The molecule has 0 atom stereocenters. The number of rotatable bonds is 3. The molecule has 1 aromatic rings. The third-order valence-electron chi connectivity index (χ3n) is 3.28. The number of methoxy groups -OCH3 is 2. The molecule has 0 bridgehead atoms. The number of likely N-dealkylation sites (tertiary alicyclic amines) is 1. The number of nitrogens with zero attached hydrogens (tertiary/aromatic N) is 1. The average molecular weight is 280 g/mol. The second kappa shape index (κ2) is 6.61. The summed E-state index contributed by atoms with van der Waals surface area (Å²) < 4.78 is 10.5. The van der Waals surface area contributed by atoms with Crippen molar-refractivity contribution in [2.45, 2.75) is 19.3 Å². The van der Waals surface area contributed by atoms with Gasteiger partial charge < -0.3 is 19.7 Å². The Morgan fingerprint density at radius 2 is 1.79 bits per heavy atom. The molecule has 1 heterocycles. The van der Waals surface area contributed by atoms with Crippen molar-refractivity contribution in [3.05, 3.63) is 18.2 Å². The standard InChI is InChI=1S/C14H20N2O2S/c1-17-12-7-6-11(10-13(12)18-2)15-14(19)16-8-4-3-5-9-16/h6-7,10H,3-5,8-9H2,1-2H3,(H,15,19). The van der Waals surface area contributed by atoms with Crippen LogP contribution in [-0.4, -0.2) is 37.3 Å². The summed E-state index contributed by atoms with van der Waals surface area (Å²) in [5.41, 5.74) is 0.924. The minimum absolute atomic E-state index is 0.703. The molecule has 1 fully saturated rings. The van der Waals surface area contributed by atoms with Crippen molar-refractivity contribution in [2.24, 2.45) is 0 Å². The van der Waals surface area contributed by atoms with Crippen molar-refractivity contribution in [1.82, 2.24) is 4.90 Å². The molecular weight excluding hydrogens is 260 g/mol. The number of benzene rings is 1. The fourth-order valence-corrected chi connectivity index (χ4v) is 2.51. The van der Waals surface area contributed by atoms with E-state index in [2.05, 4.69) is 10.2 Å². The summed E-state index contributed by atoms with van der Waals surface area (Å²) in [6.07, 6.45) is 3.73. The van der Waals surface area contributed by atoms with Crippen LogP contribution in [0.5, 0.6) is 11.5 Å². The van der Waals surface area contributed by atoms with Gasteiger partial charge in [0.2, 0.25) is 0 Å². The summed E-state index contributed by atoms with van der Waals surface area (Å²) in [5.74, 6) is 1.42. The Hall–Kier alpha value is -1.49. The first kappa shape index (κ1) is 13.9. The van der Waals surface area contributed by atoms with Crippen LogP contribution in [0.25, 0.3) is 0 Å². The van der Waals surface area contributed by atoms with Gasteiger partial charge in [-0.25, -0.2) is 0 Å². The van der Waals surface area contributed by atoms with Gasteiger partial charge in [0.15, 0.2) is 16.6 Å². The molecule has 1 aromatic carbocycles. The van der Waals surface area contributed by atoms with Crippen LogP contribution in [0, 0.1) is 0 Å². The van der Waals surface area contributed by atoms with E-state index in [1.807, 2.05) is 18.2 Å². The van der Waals surface area contributed by atoms with Crippen molar-refractivity contribution in [3.63, 3.8) is 0 Å². The van der Waals surface area contributed by atoms with Gasteiger partial charge in [-0.05, 0) is 43.6 Å². The summed E-state index contributed by atoms with van der Waals surface area (Å²) in [6.45, 7) is 2.08. The van der Waals surface area contributed by atoms with Gasteiger partial charge in [-0.3, -0.25) is 0 Å². The second-order valence-corrected chi connectivity index (χ2v) is 4.93. The molecule has 1 aliphatic heterocycles. The summed E-state index contributed by atoms with van der Waals surface area (Å²) >= 11 is 5.44. The molecular formula is C14H20N2O2S. The van der Waals surface area contributed by atoms with E-state index in [1.54, 1.807) is 14.2 Å². The summed E-state index contributed by atoms with van der Waals surface area (Å²) in [7, 11) is 3.26. The Labute approximate surface area is 119 Å². The second-order valence-electron chi connectivity index (χ2n) is 4.55. The van der Waals surface area contributed by atoms with Crippen molar-refractivity contribution in [2.75, 3.05) is 32.6 Å². The highest BCUT2D eigenvalue weighted by Gasteiger charge is 2.14. The first-order valence-electron chi connectivity index (χ1n) is 6.52. The van der Waals surface area contributed by atoms with E-state index in [4.69, 9.17) is 21.7 Å². The minimum Gasteiger partial charge on any atom is -0.493 e. The lowest BCUT2D eigenvalue weighted by Gasteiger charge is -2.29. The lowest BCUT2D eigenvalue weighted by Crippen LogP contribution is -2.38. The van der Waals surface area contributed by atoms with E-state index in [9.17, 15) is 0 Å². The third-order valence-corrected chi connectivity index (χ3v) is 3.64. The predicted molar refractivity (Wildman–Crippen MR) is 81.2 cm³/mol. The van der Waals surface area contributed by atoms with Gasteiger partial charge in [0.05, 0.1) is 14.2 Å². The molecule has 0 amide bonds. The number of anilines is 1. The maximum Gasteiger partial charge on any atom is 0.173 e. The molecule has 2 rings (SSSR count). The van der Waals surface area contributed by atoms with Crippen LogP contribution in [0.3, 0.4) is 0 Å². The number of hydrogen-bond donors (Lipinski definition) is 1. The molecule has 5 heteroatoms. The number of thiocarbonyl (C=S) groups is 1. The highest BCUT2D eigenvalue weighted by molar-refractivity contribution is 7.80. The highest BCUT2D eigenvalue weighted by atomic mass is 32.1. The van der Waals surface area contributed by atoms with Crippen LogP contribution >= 0.6 is 12.2 Å². The molecule has 0 spiro atoms. The first-order valence-corrected chi connectivity index (χ1v) is 6.93. The quantitative estimate of drug-likeness (QED) is 0.861. The lowest BCUT2D eigenvalue weighted by molar-refractivity contribution is 0.346. The summed E-state index contributed by atoms with van der Waals surface area (Å²) in [4.78, 5) is 2.22. The molecule has 0 radical (unpaired) electrons. The Morgan fingerprint density at radius 3 is 2.42 bits per heavy atom. The molecule has 19 heavy (non-hydrogen) atoms. The molecule has 0 unspecified atom stereocenters. The summed E-state index contributed by atoms with van der Waals surface area (Å²) in [5, 5.41) is 4.04. The van der Waals surface area contributed by atoms with Gasteiger partial charge in [-0.2, -0.15) is 0 Å². The fourth-order valence-electron chi connectivity index (χ4n) is 2.21. The van der Waals surface area contributed by atoms with Crippen LogP contribution in [0.2, 0.25) is 0 Å². The molecule has 0 saturated carbocycles. The Balaban J connectivity index is 2.03. The van der Waals surface area contributed by atoms with E-state index in [-0.39, 0.29) is 0 Å². The summed E-state index contributed by atoms with van der Waals surface area (Å²) in [6, 6.07) is 5.71. The molecule has 1 saturated heterocycles. The maximum atomic E-state index is 5.44. The van der Waals surface area contributed by atoms with Gasteiger partial charge >= 0.3 is 0 Å². The zero-order valence-corrected chi connectivity index (χ0v) is 12.3. The molecule has 0 aromatic heterocycles. The number of hydrogen-bond acceptors (Lipinski definition) is 3. The van der Waals surface area contributed by atoms with Crippen LogP contribution < -0.4 is 14.8 Å². The number of nitrogens with one attached hydrogen (secondary N) is 1. The largest absolute Gasteiger partial charge is 0.493 e. The van der Waals surface area contributed by atoms with Crippen molar-refractivity contribution in [1.29, 1.82) is 0 Å². The van der Waals surface area contributed by atoms with Crippen molar-refractivity contribution >= 4 is 23.0 Å². The smallest absolute Gasteiger partial charge is 0.173 e. The number of ether oxygens (including phenoxy) is 2. The zero-order chi connectivity index (χ0) is 13.7. The molecule has 0 aliphatic carbocycles. The topological polar surface area (TPSA) is 33.7 Å². The van der Waals surface area contributed by atoms with E-state index < -0.39 is 0 Å². The van der Waals surface area contributed by atoms with Gasteiger partial charge in [-0.15, -0.1) is 0 Å². The molecule has 104 valence electrons. The minimum atomic E-state index is 0.703. The highest BCUT2D eigenvalue weighted by Crippen LogP contribution is 2.29. The fraction of sp³-hybridized carbons (Fsp3) is 0.500. The molecule has 1 aliphatic rings. The zero-order valence-electron chi connectivity index (χ0n) is 11.4. The van der Waals surface area contributed by atoms with Gasteiger partial charge in [-0.1, -0.05) is 0 Å². The SMILES string of the molecule is COc1ccc(NC(=S)N2CCCCC2)cc1OC. The van der Waals surface area contributed by atoms with Gasteiger partial charge in [0.25, 0.3) is 0 Å². The Bertz CT molecular complexity index is 445. The predicted octanol–water partition coefficient (Wildman–Crippen LogP) is 2.89. The Morgan fingerprint density at radius 1 is 1.11 bits per heavy atom. The lowest BCUT2D eigenvalue weighted by atomic mass is 10.1. The van der Waals surface area contributed by atoms with Gasteiger partial charge in [0.1, 0.15) is 0 Å². The van der Waals surface area contributed by atoms with E-state index in [0.29, 0.717) is 5.75 Å². The molecule has 4 nitrogen and oxygen atoms in total.